The number of hydrogen-bond donors (Lipinski definition) is 2. The summed E-state index contributed by atoms with van der Waals surface area (Å²) in [6, 6.07) is 12.9. The smallest absolute Gasteiger partial charge is 0.240 e. The average Bonchev–Trinajstić information content (AvgIpc) is 2.94. The second-order valence-electron chi connectivity index (χ2n) is 11.4. The van der Waals surface area contributed by atoms with Gasteiger partial charge in [-0.15, -0.1) is 0 Å². The predicted molar refractivity (Wildman–Crippen MR) is 178 cm³/mol. The molecule has 0 aliphatic carbocycles. The van der Waals surface area contributed by atoms with E-state index < -0.39 is 40.1 Å². The van der Waals surface area contributed by atoms with Crippen LogP contribution >= 0.6 is 0 Å². The van der Waals surface area contributed by atoms with Crippen LogP contribution in [0.3, 0.4) is 0 Å². The molecule has 0 aromatic heterocycles. The Bertz CT molecular complexity index is 1570. The fourth-order valence-electron chi connectivity index (χ4n) is 4.85. The first-order valence-electron chi connectivity index (χ1n) is 14.8. The summed E-state index contributed by atoms with van der Waals surface area (Å²) in [5, 5.41) is 0. The highest BCUT2D eigenvalue weighted by Gasteiger charge is 2.25. The van der Waals surface area contributed by atoms with Crippen molar-refractivity contribution in [3.8, 4) is 0 Å². The highest BCUT2D eigenvalue weighted by atomic mass is 32.2. The predicted octanol–water partition coefficient (Wildman–Crippen LogP) is -0.299. The van der Waals surface area contributed by atoms with Crippen LogP contribution in [0.15, 0.2) is 58.3 Å². The second kappa shape index (κ2) is 16.4. The third kappa shape index (κ3) is 12.2. The maximum atomic E-state index is 12.8. The molecule has 1 aliphatic rings. The maximum absolute atomic E-state index is 12.8. The van der Waals surface area contributed by atoms with Crippen molar-refractivity contribution in [2.75, 3.05) is 91.0 Å². The maximum Gasteiger partial charge on any atom is 0.240 e. The number of hydrogen-bond acceptors (Lipinski definition) is 10. The van der Waals surface area contributed by atoms with Crippen LogP contribution in [0.2, 0.25) is 0 Å². The van der Waals surface area contributed by atoms with Gasteiger partial charge in [0, 0.05) is 78.5 Å². The van der Waals surface area contributed by atoms with Gasteiger partial charge in [0.15, 0.2) is 0 Å². The van der Waals surface area contributed by atoms with Gasteiger partial charge in [-0.1, -0.05) is 35.4 Å². The summed E-state index contributed by atoms with van der Waals surface area (Å²) in [5.41, 5.74) is 1.85. The summed E-state index contributed by atoms with van der Waals surface area (Å²) in [5.74, 6) is 0. The van der Waals surface area contributed by atoms with E-state index in [1.807, 2.05) is 23.6 Å². The van der Waals surface area contributed by atoms with Gasteiger partial charge in [0.2, 0.25) is 40.1 Å². The van der Waals surface area contributed by atoms with Crippen LogP contribution in [0.1, 0.15) is 11.1 Å². The van der Waals surface area contributed by atoms with Crippen LogP contribution in [0.5, 0.6) is 0 Å². The molecule has 0 spiro atoms. The summed E-state index contributed by atoms with van der Waals surface area (Å²) < 4.78 is 110. The van der Waals surface area contributed by atoms with Gasteiger partial charge in [-0.05, 0) is 38.1 Å². The van der Waals surface area contributed by atoms with Gasteiger partial charge in [0.1, 0.15) is 0 Å². The molecule has 1 fully saturated rings. The molecule has 3 rings (SSSR count). The van der Waals surface area contributed by atoms with E-state index in [4.69, 9.17) is 0 Å². The zero-order chi connectivity index (χ0) is 34.2. The molecular weight excluding hydrogens is 677 g/mol. The molecule has 2 N–H and O–H groups in total. The van der Waals surface area contributed by atoms with E-state index in [1.54, 1.807) is 24.3 Å². The van der Waals surface area contributed by atoms with Gasteiger partial charge < -0.3 is 0 Å². The van der Waals surface area contributed by atoms with Gasteiger partial charge in [-0.2, -0.15) is 8.61 Å². The number of nitrogens with zero attached hydrogens (tertiary/aromatic N) is 4. The summed E-state index contributed by atoms with van der Waals surface area (Å²) in [6.45, 7) is 5.66. The first-order valence-corrected chi connectivity index (χ1v) is 21.5. The summed E-state index contributed by atoms with van der Waals surface area (Å²) >= 11 is 0. The third-order valence-electron chi connectivity index (χ3n) is 7.70. The van der Waals surface area contributed by atoms with Crippen LogP contribution in [-0.4, -0.2) is 143 Å². The summed E-state index contributed by atoms with van der Waals surface area (Å²) in [4.78, 5) is 3.94. The van der Waals surface area contributed by atoms with E-state index in [2.05, 4.69) is 9.44 Å². The summed E-state index contributed by atoms with van der Waals surface area (Å²) in [7, 11) is -14.8. The zero-order valence-electron chi connectivity index (χ0n) is 26.8. The first-order chi connectivity index (χ1) is 21.4. The lowest BCUT2D eigenvalue weighted by atomic mass is 10.2. The topological polar surface area (TPSA) is 174 Å². The van der Waals surface area contributed by atoms with E-state index in [0.29, 0.717) is 0 Å². The molecule has 46 heavy (non-hydrogen) atoms. The minimum atomic E-state index is -3.76. The lowest BCUT2D eigenvalue weighted by molar-refractivity contribution is 0.192. The number of aryl methyl sites for hydroxylation is 2. The van der Waals surface area contributed by atoms with E-state index >= 15 is 0 Å². The lowest BCUT2D eigenvalue weighted by Gasteiger charge is -2.33. The average molecular weight is 723 g/mol. The van der Waals surface area contributed by atoms with E-state index in [-0.39, 0.29) is 88.3 Å². The monoisotopic (exact) mass is 722 g/mol. The Kier molecular flexibility index (Phi) is 13.7. The number of rotatable bonds is 12. The SMILES string of the molecule is Cc1ccc(S(=O)(=O)NCCN2CCN(S(C)(=O)=O)CCN(CCNS(=O)(=O)c3ccc(C)cc3)CCN(S(C)(=O)=O)CC2)cc1. The van der Waals surface area contributed by atoms with Crippen molar-refractivity contribution >= 4 is 40.1 Å². The van der Waals surface area contributed by atoms with Crippen LogP contribution in [0, 0.1) is 13.8 Å². The fourth-order valence-corrected chi connectivity index (χ4v) is 8.54. The molecule has 0 bridgehead atoms. The van der Waals surface area contributed by atoms with Crippen LogP contribution in [0.25, 0.3) is 0 Å². The van der Waals surface area contributed by atoms with Crippen molar-refractivity contribution in [2.24, 2.45) is 0 Å². The Morgan fingerprint density at radius 3 is 1.04 bits per heavy atom. The summed E-state index contributed by atoms with van der Waals surface area (Å²) in [6.07, 6.45) is 2.23. The molecule has 0 amide bonds. The van der Waals surface area contributed by atoms with E-state index in [9.17, 15) is 33.7 Å². The van der Waals surface area contributed by atoms with Crippen LogP contribution < -0.4 is 9.44 Å². The largest absolute Gasteiger partial charge is 0.299 e. The Hall–Kier alpha value is -2.00. The van der Waals surface area contributed by atoms with Crippen molar-refractivity contribution in [3.05, 3.63) is 59.7 Å². The minimum Gasteiger partial charge on any atom is -0.299 e. The van der Waals surface area contributed by atoms with E-state index in [1.165, 1.54) is 32.9 Å². The van der Waals surface area contributed by atoms with Crippen molar-refractivity contribution in [3.63, 3.8) is 0 Å². The first kappa shape index (κ1) is 38.4. The quantitative estimate of drug-likeness (QED) is 0.296. The molecule has 0 saturated carbocycles. The number of sulfonamides is 4. The minimum absolute atomic E-state index is 0.0419. The van der Waals surface area contributed by atoms with Gasteiger partial charge in [0.05, 0.1) is 22.3 Å². The molecule has 260 valence electrons. The standard InChI is InChI=1S/C28H46N6O8S4/c1-25-5-9-27(10-6-25)45(39,40)29-13-15-31-17-21-33(43(3,35)36)23-19-32(20-24-34(22-18-31)44(4,37)38)16-14-30-46(41,42)28-11-7-26(2)8-12-28/h5-12,29-30H,13-24H2,1-4H3. The second-order valence-corrected chi connectivity index (χ2v) is 18.9. The van der Waals surface area contributed by atoms with Crippen molar-refractivity contribution < 1.29 is 33.7 Å². The molecule has 2 aromatic rings. The van der Waals surface area contributed by atoms with Crippen molar-refractivity contribution in [1.29, 1.82) is 0 Å². The molecular formula is C28H46N6O8S4. The molecule has 0 radical (unpaired) electrons. The molecule has 2 aromatic carbocycles. The Balaban J connectivity index is 1.69. The van der Waals surface area contributed by atoms with E-state index in [0.717, 1.165) is 23.6 Å². The van der Waals surface area contributed by atoms with Crippen molar-refractivity contribution in [1.82, 2.24) is 27.9 Å². The molecule has 0 unspecified atom stereocenters. The molecule has 1 aliphatic heterocycles. The Labute approximate surface area is 275 Å². The Morgan fingerprint density at radius 2 is 0.783 bits per heavy atom. The van der Waals surface area contributed by atoms with Gasteiger partial charge in [-0.3, -0.25) is 9.80 Å². The molecule has 14 nitrogen and oxygen atoms in total. The number of benzene rings is 2. The van der Waals surface area contributed by atoms with Gasteiger partial charge in [-0.25, -0.2) is 43.1 Å². The molecule has 18 heteroatoms. The highest BCUT2D eigenvalue weighted by molar-refractivity contribution is 7.90. The van der Waals surface area contributed by atoms with Crippen molar-refractivity contribution in [2.45, 2.75) is 23.6 Å². The zero-order valence-corrected chi connectivity index (χ0v) is 30.1. The molecule has 1 heterocycles. The molecule has 0 atom stereocenters. The van der Waals surface area contributed by atoms with Crippen LogP contribution in [0.4, 0.5) is 0 Å². The molecule has 1 saturated heterocycles. The van der Waals surface area contributed by atoms with Gasteiger partial charge in [0.25, 0.3) is 0 Å². The third-order valence-corrected chi connectivity index (χ3v) is 13.3. The lowest BCUT2D eigenvalue weighted by Crippen LogP contribution is -2.49. The van der Waals surface area contributed by atoms with Crippen LogP contribution in [-0.2, 0) is 40.1 Å². The van der Waals surface area contributed by atoms with Gasteiger partial charge >= 0.3 is 0 Å². The highest BCUT2D eigenvalue weighted by Crippen LogP contribution is 2.12. The normalized spacial score (nSPS) is 18.2. The fraction of sp³-hybridized carbons (Fsp3) is 0.571. The number of nitrogens with one attached hydrogen (secondary N) is 2. The Morgan fingerprint density at radius 1 is 0.500 bits per heavy atom.